The molecule has 7 heteroatoms. The van der Waals surface area contributed by atoms with Gasteiger partial charge in [0.15, 0.2) is 4.77 Å². The number of aromatic hydroxyl groups is 1. The Morgan fingerprint density at radius 3 is 2.75 bits per heavy atom. The van der Waals surface area contributed by atoms with Gasteiger partial charge in [0.25, 0.3) is 5.91 Å². The molecule has 4 N–H and O–H groups in total. The van der Waals surface area contributed by atoms with E-state index in [1.165, 1.54) is 0 Å². The van der Waals surface area contributed by atoms with Gasteiger partial charge in [-0.15, -0.1) is 0 Å². The second-order valence-corrected chi connectivity index (χ2v) is 7.23. The first-order valence-electron chi connectivity index (χ1n) is 8.92. The van der Waals surface area contributed by atoms with Gasteiger partial charge in [-0.05, 0) is 59.6 Å². The third kappa shape index (κ3) is 2.86. The second kappa shape index (κ2) is 6.31. The Kier molecular flexibility index (Phi) is 3.77. The predicted molar refractivity (Wildman–Crippen MR) is 109 cm³/mol. The molecule has 2 aromatic carbocycles. The number of aromatic amines is 2. The molecule has 0 unspecified atom stereocenters. The van der Waals surface area contributed by atoms with Gasteiger partial charge in [0.1, 0.15) is 5.69 Å². The largest absolute Gasteiger partial charge is 0.493 e. The van der Waals surface area contributed by atoms with Crippen molar-refractivity contribution < 1.29 is 9.90 Å². The Morgan fingerprint density at radius 2 is 1.93 bits per heavy atom. The number of allylic oxidation sites excluding steroid dienone is 1. The minimum atomic E-state index is -0.00631. The number of amides is 1. The zero-order chi connectivity index (χ0) is 19.3. The molecule has 0 bridgehead atoms. The number of nitrogens with one attached hydrogen (secondary N) is 3. The third-order valence-corrected chi connectivity index (χ3v) is 5.18. The predicted octanol–water partition coefficient (Wildman–Crippen LogP) is 2.19. The number of nitrogens with zero attached hydrogens (tertiary/aromatic N) is 1. The number of fused-ring (bicyclic) bond motifs is 2. The summed E-state index contributed by atoms with van der Waals surface area (Å²) in [6.07, 6.45) is 4.55. The number of carbonyl (C=O) groups is 1. The van der Waals surface area contributed by atoms with Crippen LogP contribution in [0.25, 0.3) is 23.3 Å². The first kappa shape index (κ1) is 16.7. The van der Waals surface area contributed by atoms with E-state index in [0.29, 0.717) is 17.0 Å². The van der Waals surface area contributed by atoms with E-state index in [2.05, 4.69) is 32.4 Å². The normalized spacial score (nSPS) is 16.1. The second-order valence-electron chi connectivity index (χ2n) is 6.82. The van der Waals surface area contributed by atoms with Crippen molar-refractivity contribution >= 4 is 30.3 Å². The van der Waals surface area contributed by atoms with Crippen molar-refractivity contribution in [3.05, 3.63) is 74.3 Å². The smallest absolute Gasteiger partial charge is 0.251 e. The molecule has 0 aliphatic carbocycles. The fraction of sp³-hybridized carbons (Fsp3) is 0.0952. The van der Waals surface area contributed by atoms with E-state index in [0.717, 1.165) is 44.9 Å². The van der Waals surface area contributed by atoms with Crippen LogP contribution in [0.5, 0.6) is 5.88 Å². The standard InChI is InChI=1S/C21H16N4O2S/c26-19-16-4-3-11(7-13(16)5-6-22-19)12-1-2-14-8-15(23-17(14)9-12)10-18-20(27)25-21(28)24-18/h1-4,7-10,27H,5-6H2,(H,22,26)(H2,24,25,28)/b15-10+. The molecule has 0 fully saturated rings. The highest BCUT2D eigenvalue weighted by molar-refractivity contribution is 7.71. The Bertz CT molecular complexity index is 1350. The lowest BCUT2D eigenvalue weighted by atomic mass is 9.95. The Balaban J connectivity index is 1.54. The Hall–Kier alpha value is -3.45. The maximum absolute atomic E-state index is 11.9. The average Bonchev–Trinajstić information content (AvgIpc) is 3.22. The molecule has 138 valence electrons. The van der Waals surface area contributed by atoms with Crippen molar-refractivity contribution in [1.29, 1.82) is 0 Å². The van der Waals surface area contributed by atoms with Gasteiger partial charge in [-0.2, -0.15) is 0 Å². The highest BCUT2D eigenvalue weighted by atomic mass is 32.1. The van der Waals surface area contributed by atoms with E-state index in [9.17, 15) is 9.90 Å². The molecule has 1 amide bonds. The molecule has 3 heterocycles. The van der Waals surface area contributed by atoms with Gasteiger partial charge in [0.2, 0.25) is 5.88 Å². The SMILES string of the molecule is O=C1NCCc2cc(-c3ccc4c(c3)=N/C(=C/c3[nH]c(=S)[nH]c3O)C=4)ccc21. The van der Waals surface area contributed by atoms with Crippen LogP contribution in [0.3, 0.4) is 0 Å². The van der Waals surface area contributed by atoms with Gasteiger partial charge >= 0.3 is 0 Å². The molecule has 3 aromatic rings. The van der Waals surface area contributed by atoms with E-state index in [-0.39, 0.29) is 11.8 Å². The molecule has 0 atom stereocenters. The summed E-state index contributed by atoms with van der Waals surface area (Å²) in [5.41, 5.74) is 5.17. The first-order valence-corrected chi connectivity index (χ1v) is 9.33. The number of carbonyl (C=O) groups excluding carboxylic acids is 1. The van der Waals surface area contributed by atoms with Crippen molar-refractivity contribution in [3.63, 3.8) is 0 Å². The van der Waals surface area contributed by atoms with Gasteiger partial charge < -0.3 is 20.4 Å². The van der Waals surface area contributed by atoms with Crippen LogP contribution in [0.1, 0.15) is 21.6 Å². The minimum Gasteiger partial charge on any atom is -0.493 e. The van der Waals surface area contributed by atoms with Gasteiger partial charge in [-0.25, -0.2) is 4.99 Å². The maximum atomic E-state index is 11.9. The number of imidazole rings is 1. The summed E-state index contributed by atoms with van der Waals surface area (Å²) in [5.74, 6) is -0.0102. The molecule has 1 aromatic heterocycles. The van der Waals surface area contributed by atoms with Gasteiger partial charge in [0, 0.05) is 17.3 Å². The minimum absolute atomic E-state index is 0.00385. The summed E-state index contributed by atoms with van der Waals surface area (Å²) in [6, 6.07) is 12.1. The van der Waals surface area contributed by atoms with Crippen molar-refractivity contribution in [2.75, 3.05) is 6.54 Å². The summed E-state index contributed by atoms with van der Waals surface area (Å²) in [4.78, 5) is 22.1. The quantitative estimate of drug-likeness (QED) is 0.507. The number of rotatable bonds is 2. The number of benzene rings is 2. The number of H-pyrrole nitrogens is 2. The van der Waals surface area contributed by atoms with Crippen LogP contribution in [0.4, 0.5) is 0 Å². The van der Waals surface area contributed by atoms with Crippen molar-refractivity contribution in [2.45, 2.75) is 6.42 Å². The topological polar surface area (TPSA) is 93.3 Å². The number of aromatic nitrogens is 2. The van der Waals surface area contributed by atoms with Crippen molar-refractivity contribution in [2.24, 2.45) is 4.99 Å². The van der Waals surface area contributed by atoms with E-state index in [1.807, 2.05) is 30.3 Å². The monoisotopic (exact) mass is 388 g/mol. The third-order valence-electron chi connectivity index (χ3n) is 4.97. The molecule has 6 nitrogen and oxygen atoms in total. The Morgan fingerprint density at radius 1 is 1.11 bits per heavy atom. The molecule has 2 aliphatic heterocycles. The first-order chi connectivity index (χ1) is 13.6. The zero-order valence-corrected chi connectivity index (χ0v) is 15.6. The van der Waals surface area contributed by atoms with Crippen LogP contribution >= 0.6 is 12.2 Å². The Labute approximate surface area is 165 Å². The van der Waals surface area contributed by atoms with Crippen molar-refractivity contribution in [1.82, 2.24) is 15.3 Å². The zero-order valence-electron chi connectivity index (χ0n) is 14.7. The van der Waals surface area contributed by atoms with E-state index in [4.69, 9.17) is 12.2 Å². The number of hydrogen-bond donors (Lipinski definition) is 4. The fourth-order valence-electron chi connectivity index (χ4n) is 3.59. The van der Waals surface area contributed by atoms with Crippen LogP contribution in [0.15, 0.2) is 47.1 Å². The molecule has 0 spiro atoms. The van der Waals surface area contributed by atoms with E-state index in [1.54, 1.807) is 6.08 Å². The fourth-order valence-corrected chi connectivity index (χ4v) is 3.80. The average molecular weight is 388 g/mol. The molecule has 5 rings (SSSR count). The maximum Gasteiger partial charge on any atom is 0.251 e. The van der Waals surface area contributed by atoms with Crippen LogP contribution in [0.2, 0.25) is 0 Å². The van der Waals surface area contributed by atoms with E-state index >= 15 is 0 Å². The number of hydrogen-bond acceptors (Lipinski definition) is 4. The van der Waals surface area contributed by atoms with Crippen molar-refractivity contribution in [3.8, 4) is 17.0 Å². The summed E-state index contributed by atoms with van der Waals surface area (Å²) < 4.78 is 0.364. The lowest BCUT2D eigenvalue weighted by Gasteiger charge is -2.17. The molecule has 0 radical (unpaired) electrons. The van der Waals surface area contributed by atoms with Gasteiger partial charge in [-0.1, -0.05) is 24.3 Å². The summed E-state index contributed by atoms with van der Waals surface area (Å²) in [7, 11) is 0. The summed E-state index contributed by atoms with van der Waals surface area (Å²) in [6.45, 7) is 0.674. The van der Waals surface area contributed by atoms with Crippen LogP contribution in [-0.2, 0) is 6.42 Å². The lowest BCUT2D eigenvalue weighted by molar-refractivity contribution is 0.0946. The van der Waals surface area contributed by atoms with Crippen LogP contribution < -0.4 is 15.9 Å². The molecule has 0 saturated carbocycles. The molecule has 28 heavy (non-hydrogen) atoms. The van der Waals surface area contributed by atoms with Crippen LogP contribution in [0, 0.1) is 4.77 Å². The molecule has 2 aliphatic rings. The summed E-state index contributed by atoms with van der Waals surface area (Å²) in [5, 5.41) is 14.6. The van der Waals surface area contributed by atoms with Crippen LogP contribution in [-0.4, -0.2) is 27.5 Å². The molecule has 0 saturated heterocycles. The van der Waals surface area contributed by atoms with E-state index < -0.39 is 0 Å². The summed E-state index contributed by atoms with van der Waals surface area (Å²) >= 11 is 4.99. The molecular formula is C21H16N4O2S. The van der Waals surface area contributed by atoms with Gasteiger partial charge in [-0.3, -0.25) is 4.79 Å². The highest BCUT2D eigenvalue weighted by Crippen LogP contribution is 2.24. The highest BCUT2D eigenvalue weighted by Gasteiger charge is 2.17. The molecular weight excluding hydrogens is 372 g/mol. The lowest BCUT2D eigenvalue weighted by Crippen LogP contribution is -2.31. The van der Waals surface area contributed by atoms with Gasteiger partial charge in [0.05, 0.1) is 11.1 Å².